The van der Waals surface area contributed by atoms with Gasteiger partial charge in [-0.1, -0.05) is 5.92 Å². The SMILES string of the molecule is C[C@@](CCN1Cc2cc(C#CC#CC3(F)CCN(C4COC4)CC3)cn2C1=O)(C(=O)NO)S(C)(=O)=O. The van der Waals surface area contributed by atoms with Crippen LogP contribution in [-0.2, 0) is 25.9 Å². The first-order valence-electron chi connectivity index (χ1n) is 11.6. The highest BCUT2D eigenvalue weighted by Crippen LogP contribution is 2.28. The van der Waals surface area contributed by atoms with E-state index in [0.29, 0.717) is 56.4 Å². The molecule has 0 spiro atoms. The zero-order valence-electron chi connectivity index (χ0n) is 20.2. The van der Waals surface area contributed by atoms with Crippen LogP contribution in [-0.4, -0.2) is 95.5 Å². The number of carbonyl (C=O) groups excluding carboxylic acids is 2. The molecule has 10 nitrogen and oxygen atoms in total. The molecular weight excluding hydrogens is 491 g/mol. The molecule has 0 aromatic carbocycles. The van der Waals surface area contributed by atoms with Crippen molar-refractivity contribution in [3.63, 3.8) is 0 Å². The lowest BCUT2D eigenvalue weighted by molar-refractivity contribution is -0.131. The lowest BCUT2D eigenvalue weighted by atomic mass is 9.93. The average molecular weight is 521 g/mol. The van der Waals surface area contributed by atoms with E-state index in [1.807, 2.05) is 0 Å². The van der Waals surface area contributed by atoms with Gasteiger partial charge in [-0.25, -0.2) is 23.1 Å². The molecule has 0 saturated carbocycles. The molecule has 1 aromatic heterocycles. The van der Waals surface area contributed by atoms with Crippen LogP contribution in [0.3, 0.4) is 0 Å². The third-order valence-corrected chi connectivity index (χ3v) is 9.30. The van der Waals surface area contributed by atoms with E-state index >= 15 is 0 Å². The Kier molecular flexibility index (Phi) is 7.17. The van der Waals surface area contributed by atoms with Gasteiger partial charge in [0, 0.05) is 56.2 Å². The third kappa shape index (κ3) is 5.13. The number of ether oxygens (including phenoxy) is 1. The van der Waals surface area contributed by atoms with E-state index in [4.69, 9.17) is 9.94 Å². The van der Waals surface area contributed by atoms with Crippen molar-refractivity contribution in [2.24, 2.45) is 0 Å². The molecule has 2 fully saturated rings. The number of halogens is 1. The number of fused-ring (bicyclic) bond motifs is 1. The average Bonchev–Trinajstić information content (AvgIpc) is 3.32. The zero-order valence-corrected chi connectivity index (χ0v) is 21.0. The molecule has 0 aliphatic carbocycles. The van der Waals surface area contributed by atoms with E-state index < -0.39 is 26.2 Å². The Hall–Kier alpha value is -2.90. The van der Waals surface area contributed by atoms with Crippen LogP contribution in [0.15, 0.2) is 12.3 Å². The number of carbonyl (C=O) groups is 2. The molecular formula is C24H29FN4O6S. The predicted molar refractivity (Wildman–Crippen MR) is 127 cm³/mol. The number of hydroxylamine groups is 1. The first-order valence-corrected chi connectivity index (χ1v) is 13.5. The topological polar surface area (TPSA) is 121 Å². The Labute approximate surface area is 209 Å². The van der Waals surface area contributed by atoms with Gasteiger partial charge in [-0.3, -0.25) is 19.5 Å². The molecule has 2 N–H and O–H groups in total. The van der Waals surface area contributed by atoms with Crippen LogP contribution in [0.2, 0.25) is 0 Å². The fraction of sp³-hybridized carbons (Fsp3) is 0.583. The number of hydrogen-bond acceptors (Lipinski definition) is 7. The van der Waals surface area contributed by atoms with Crippen molar-refractivity contribution in [1.29, 1.82) is 0 Å². The number of likely N-dealkylation sites (tertiary alicyclic amines) is 1. The number of alkyl halides is 1. The molecule has 1 atom stereocenters. The maximum atomic E-state index is 15.0. The number of nitrogens with zero attached hydrogens (tertiary/aromatic N) is 3. The van der Waals surface area contributed by atoms with Crippen LogP contribution in [0.5, 0.6) is 0 Å². The number of sulfone groups is 1. The summed E-state index contributed by atoms with van der Waals surface area (Å²) in [5, 5.41) is 8.94. The normalized spacial score (nSPS) is 21.3. The van der Waals surface area contributed by atoms with E-state index in [1.54, 1.807) is 12.3 Å². The Morgan fingerprint density at radius 3 is 2.58 bits per heavy atom. The number of aromatic nitrogens is 1. The van der Waals surface area contributed by atoms with Gasteiger partial charge in [-0.15, -0.1) is 0 Å². The number of piperidine rings is 1. The van der Waals surface area contributed by atoms with Crippen LogP contribution in [0.4, 0.5) is 9.18 Å². The summed E-state index contributed by atoms with van der Waals surface area (Å²) >= 11 is 0. The van der Waals surface area contributed by atoms with Crippen molar-refractivity contribution < 1.29 is 32.3 Å². The molecule has 0 bridgehead atoms. The van der Waals surface area contributed by atoms with Gasteiger partial charge in [-0.05, 0) is 37.2 Å². The fourth-order valence-corrected chi connectivity index (χ4v) is 5.29. The molecule has 2 amide bonds. The fourth-order valence-electron chi connectivity index (χ4n) is 4.45. The van der Waals surface area contributed by atoms with Gasteiger partial charge in [-0.2, -0.15) is 0 Å². The minimum Gasteiger partial charge on any atom is -0.378 e. The van der Waals surface area contributed by atoms with Crippen molar-refractivity contribution in [2.75, 3.05) is 39.1 Å². The van der Waals surface area contributed by atoms with E-state index in [-0.39, 0.29) is 25.5 Å². The van der Waals surface area contributed by atoms with E-state index in [2.05, 4.69) is 28.6 Å². The Morgan fingerprint density at radius 1 is 1.33 bits per heavy atom. The molecule has 3 aliphatic heterocycles. The molecule has 36 heavy (non-hydrogen) atoms. The Bertz CT molecular complexity index is 1270. The van der Waals surface area contributed by atoms with Gasteiger partial charge >= 0.3 is 6.03 Å². The molecule has 12 heteroatoms. The Balaban J connectivity index is 1.34. The summed E-state index contributed by atoms with van der Waals surface area (Å²) in [7, 11) is -3.86. The van der Waals surface area contributed by atoms with Crippen LogP contribution >= 0.6 is 0 Å². The summed E-state index contributed by atoms with van der Waals surface area (Å²) in [5.74, 6) is 9.73. The number of hydrogen-bond donors (Lipinski definition) is 2. The Morgan fingerprint density at radius 2 is 2.03 bits per heavy atom. The summed E-state index contributed by atoms with van der Waals surface area (Å²) < 4.78 is 43.9. The van der Waals surface area contributed by atoms with Crippen molar-refractivity contribution in [3.05, 3.63) is 23.5 Å². The highest BCUT2D eigenvalue weighted by molar-refractivity contribution is 7.92. The van der Waals surface area contributed by atoms with Crippen LogP contribution < -0.4 is 5.48 Å². The van der Waals surface area contributed by atoms with Gasteiger partial charge in [0.2, 0.25) is 0 Å². The summed E-state index contributed by atoms with van der Waals surface area (Å²) in [6.07, 6.45) is 2.94. The van der Waals surface area contributed by atoms with Crippen LogP contribution in [0.25, 0.3) is 0 Å². The van der Waals surface area contributed by atoms with Gasteiger partial charge in [0.25, 0.3) is 5.91 Å². The summed E-state index contributed by atoms with van der Waals surface area (Å²) in [6.45, 7) is 4.11. The number of nitrogens with one attached hydrogen (secondary N) is 1. The minimum atomic E-state index is -3.86. The molecule has 4 heterocycles. The maximum Gasteiger partial charge on any atom is 0.328 e. The minimum absolute atomic E-state index is 0.00618. The molecule has 4 rings (SSSR count). The number of amides is 2. The lowest BCUT2D eigenvalue weighted by Gasteiger charge is -2.42. The van der Waals surface area contributed by atoms with Gasteiger partial charge in [0.15, 0.2) is 20.3 Å². The maximum absolute atomic E-state index is 15.0. The molecule has 1 aromatic rings. The first-order chi connectivity index (χ1) is 17.0. The summed E-state index contributed by atoms with van der Waals surface area (Å²) in [6, 6.07) is 1.73. The zero-order chi connectivity index (χ0) is 26.1. The van der Waals surface area contributed by atoms with E-state index in [1.165, 1.54) is 21.9 Å². The van der Waals surface area contributed by atoms with Crippen molar-refractivity contribution in [3.8, 4) is 23.7 Å². The highest BCUT2D eigenvalue weighted by atomic mass is 32.2. The van der Waals surface area contributed by atoms with Crippen molar-refractivity contribution in [2.45, 2.75) is 49.2 Å². The molecule has 0 radical (unpaired) electrons. The van der Waals surface area contributed by atoms with Crippen molar-refractivity contribution >= 4 is 21.8 Å². The highest BCUT2D eigenvalue weighted by Gasteiger charge is 2.44. The second-order valence-electron chi connectivity index (χ2n) is 9.68. The van der Waals surface area contributed by atoms with Gasteiger partial charge < -0.3 is 9.64 Å². The number of rotatable bonds is 6. The van der Waals surface area contributed by atoms with Crippen LogP contribution in [0.1, 0.15) is 37.4 Å². The lowest BCUT2D eigenvalue weighted by Crippen LogP contribution is -2.53. The predicted octanol–water partition coefficient (Wildman–Crippen LogP) is 0.528. The van der Waals surface area contributed by atoms with E-state index in [9.17, 15) is 22.4 Å². The second kappa shape index (κ2) is 9.87. The smallest absolute Gasteiger partial charge is 0.328 e. The van der Waals surface area contributed by atoms with Crippen LogP contribution in [0, 0.1) is 23.7 Å². The molecule has 0 unspecified atom stereocenters. The van der Waals surface area contributed by atoms with Gasteiger partial charge in [0.1, 0.15) is 0 Å². The monoisotopic (exact) mass is 520 g/mol. The first kappa shape index (κ1) is 26.2. The molecule has 194 valence electrons. The van der Waals surface area contributed by atoms with E-state index in [0.717, 1.165) is 6.26 Å². The largest absolute Gasteiger partial charge is 0.378 e. The van der Waals surface area contributed by atoms with Gasteiger partial charge in [0.05, 0.1) is 25.8 Å². The second-order valence-corrected chi connectivity index (χ2v) is 12.1. The quantitative estimate of drug-likeness (QED) is 0.319. The standard InChI is InChI=1S/C24H29FN4O6S/c1-23(21(30)26-32,36(2,33)34)7-10-28-15-19-13-18(14-29(19)22(28)31)5-3-4-6-24(25)8-11-27(12-9-24)20-16-35-17-20/h13-14,20,32H,7-12,15-17H2,1-2H3,(H,26,30)/t23-/m1/s1. The summed E-state index contributed by atoms with van der Waals surface area (Å²) in [5.41, 5.74) is 1.05. The van der Waals surface area contributed by atoms with Crippen molar-refractivity contribution in [1.82, 2.24) is 19.8 Å². The molecule has 3 aliphatic rings. The molecule has 2 saturated heterocycles. The summed E-state index contributed by atoms with van der Waals surface area (Å²) in [4.78, 5) is 28.4. The third-order valence-electron chi connectivity index (χ3n) is 7.27.